The van der Waals surface area contributed by atoms with Crippen LogP contribution in [-0.2, 0) is 0 Å². The van der Waals surface area contributed by atoms with Crippen LogP contribution in [0.2, 0.25) is 5.02 Å². The fraction of sp³-hybridized carbons (Fsp3) is 0. The Kier molecular flexibility index (Phi) is 1.92. The van der Waals surface area contributed by atoms with Gasteiger partial charge in [0.2, 0.25) is 0 Å². The molecule has 0 aromatic heterocycles. The molecule has 1 aromatic rings. The van der Waals surface area contributed by atoms with Crippen molar-refractivity contribution in [1.82, 2.24) is 0 Å². The molecule has 0 spiro atoms. The minimum absolute atomic E-state index is 0.630. The smallest absolute Gasteiger partial charge is 0.0506 e. The molecule has 3 N–H and O–H groups in total. The highest BCUT2D eigenvalue weighted by molar-refractivity contribution is 6.30. The Morgan fingerprint density at radius 3 is 2.78 bits per heavy atom. The molecule has 0 aliphatic heterocycles. The molecule has 0 amide bonds. The number of hydrogen-bond acceptors (Lipinski definition) is 2. The van der Waals surface area contributed by atoms with Crippen molar-refractivity contribution in [3.63, 3.8) is 0 Å². The van der Waals surface area contributed by atoms with Crippen molar-refractivity contribution in [2.75, 3.05) is 5.43 Å². The summed E-state index contributed by atoms with van der Waals surface area (Å²) < 4.78 is 0. The molecule has 9 heavy (non-hydrogen) atoms. The van der Waals surface area contributed by atoms with Crippen molar-refractivity contribution < 1.29 is 0 Å². The van der Waals surface area contributed by atoms with Gasteiger partial charge in [-0.05, 0) is 24.3 Å². The second-order valence-corrected chi connectivity index (χ2v) is 2.02. The summed E-state index contributed by atoms with van der Waals surface area (Å²) in [6.45, 7) is 0. The number of benzene rings is 1. The van der Waals surface area contributed by atoms with Gasteiger partial charge in [0.1, 0.15) is 0 Å². The zero-order chi connectivity index (χ0) is 6.69. The minimum atomic E-state index is 0.630. The molecule has 1 radical (unpaired) electrons. The Bertz CT molecular complexity index is 200. The quantitative estimate of drug-likeness (QED) is 0.459. The first kappa shape index (κ1) is 6.39. The lowest BCUT2D eigenvalue weighted by atomic mass is 10.3. The van der Waals surface area contributed by atoms with Crippen LogP contribution in [0.4, 0.5) is 5.69 Å². The first-order valence-electron chi connectivity index (χ1n) is 2.46. The predicted molar refractivity (Wildman–Crippen MR) is 38.1 cm³/mol. The van der Waals surface area contributed by atoms with Crippen molar-refractivity contribution in [2.24, 2.45) is 5.84 Å². The number of nitrogen functional groups attached to an aromatic ring is 1. The topological polar surface area (TPSA) is 38.0 Å². The van der Waals surface area contributed by atoms with Crippen molar-refractivity contribution in [3.05, 3.63) is 29.3 Å². The van der Waals surface area contributed by atoms with E-state index in [2.05, 4.69) is 11.5 Å². The highest BCUT2D eigenvalue weighted by atomic mass is 35.5. The van der Waals surface area contributed by atoms with E-state index in [4.69, 9.17) is 17.4 Å². The maximum atomic E-state index is 5.60. The molecule has 0 aliphatic carbocycles. The molecule has 1 rings (SSSR count). The maximum absolute atomic E-state index is 5.60. The number of nitrogens with one attached hydrogen (secondary N) is 1. The van der Waals surface area contributed by atoms with E-state index in [0.717, 1.165) is 5.69 Å². The Hall–Kier alpha value is -0.730. The van der Waals surface area contributed by atoms with Gasteiger partial charge in [-0.1, -0.05) is 11.6 Å². The van der Waals surface area contributed by atoms with E-state index in [-0.39, 0.29) is 0 Å². The third kappa shape index (κ3) is 1.59. The van der Waals surface area contributed by atoms with E-state index in [1.165, 1.54) is 0 Å². The third-order valence-corrected chi connectivity index (χ3v) is 1.14. The maximum Gasteiger partial charge on any atom is 0.0506 e. The molecule has 0 atom stereocenters. The largest absolute Gasteiger partial charge is 0.324 e. The zero-order valence-corrected chi connectivity index (χ0v) is 5.44. The van der Waals surface area contributed by atoms with Crippen LogP contribution in [0.15, 0.2) is 18.2 Å². The minimum Gasteiger partial charge on any atom is -0.324 e. The standard InChI is InChI=1S/C6H6ClN2/c7-5-2-1-3-6(4-5)9-8/h2-4,9H,8H2. The van der Waals surface area contributed by atoms with E-state index in [1.54, 1.807) is 18.2 Å². The molecule has 0 aliphatic rings. The highest BCUT2D eigenvalue weighted by Gasteiger charge is 1.87. The van der Waals surface area contributed by atoms with E-state index >= 15 is 0 Å². The van der Waals surface area contributed by atoms with Crippen molar-refractivity contribution >= 4 is 17.3 Å². The molecular weight excluding hydrogens is 136 g/mol. The second kappa shape index (κ2) is 2.71. The van der Waals surface area contributed by atoms with Gasteiger partial charge in [0.25, 0.3) is 0 Å². The van der Waals surface area contributed by atoms with Gasteiger partial charge in [-0.25, -0.2) is 0 Å². The van der Waals surface area contributed by atoms with Gasteiger partial charge in [-0.3, -0.25) is 5.84 Å². The van der Waals surface area contributed by atoms with E-state index in [9.17, 15) is 0 Å². The summed E-state index contributed by atoms with van der Waals surface area (Å²) in [6, 6.07) is 7.91. The number of nitrogens with two attached hydrogens (primary N) is 1. The summed E-state index contributed by atoms with van der Waals surface area (Å²) >= 11 is 5.60. The van der Waals surface area contributed by atoms with Gasteiger partial charge in [0.15, 0.2) is 0 Å². The van der Waals surface area contributed by atoms with Crippen molar-refractivity contribution in [3.8, 4) is 0 Å². The monoisotopic (exact) mass is 141 g/mol. The van der Waals surface area contributed by atoms with Crippen LogP contribution in [0.1, 0.15) is 0 Å². The molecule has 3 heteroatoms. The molecule has 0 heterocycles. The van der Waals surface area contributed by atoms with Crippen LogP contribution >= 0.6 is 11.6 Å². The zero-order valence-electron chi connectivity index (χ0n) is 4.69. The van der Waals surface area contributed by atoms with Gasteiger partial charge in [-0.2, -0.15) is 0 Å². The van der Waals surface area contributed by atoms with Crippen molar-refractivity contribution in [2.45, 2.75) is 0 Å². The molecule has 0 saturated carbocycles. The van der Waals surface area contributed by atoms with Crippen LogP contribution in [0.5, 0.6) is 0 Å². The van der Waals surface area contributed by atoms with Gasteiger partial charge < -0.3 is 5.43 Å². The number of halogens is 1. The lowest BCUT2D eigenvalue weighted by Crippen LogP contribution is -2.05. The Labute approximate surface area is 58.6 Å². The van der Waals surface area contributed by atoms with Crippen LogP contribution in [0.3, 0.4) is 0 Å². The van der Waals surface area contributed by atoms with Gasteiger partial charge >= 0.3 is 0 Å². The molecule has 2 nitrogen and oxygen atoms in total. The summed E-state index contributed by atoms with van der Waals surface area (Å²) in [5.74, 6) is 5.09. The summed E-state index contributed by atoms with van der Waals surface area (Å²) in [4.78, 5) is 0. The highest BCUT2D eigenvalue weighted by Crippen LogP contribution is 2.12. The fourth-order valence-electron chi connectivity index (χ4n) is 0.526. The Balaban J connectivity index is 2.94. The van der Waals surface area contributed by atoms with Crippen LogP contribution in [0, 0.1) is 6.07 Å². The molecule has 0 fully saturated rings. The molecule has 0 unspecified atom stereocenters. The average Bonchev–Trinajstić information content (AvgIpc) is 1.88. The molecule has 0 bridgehead atoms. The normalized spacial score (nSPS) is 9.11. The number of hydrazine groups is 1. The summed E-state index contributed by atoms with van der Waals surface area (Å²) in [5.41, 5.74) is 3.22. The van der Waals surface area contributed by atoms with Gasteiger partial charge in [0.05, 0.1) is 5.69 Å². The number of hydrogen-bond donors (Lipinski definition) is 2. The first-order chi connectivity index (χ1) is 4.33. The Morgan fingerprint density at radius 1 is 1.56 bits per heavy atom. The third-order valence-electron chi connectivity index (χ3n) is 0.920. The summed E-state index contributed by atoms with van der Waals surface area (Å²) in [5, 5.41) is 0.630. The summed E-state index contributed by atoms with van der Waals surface area (Å²) in [6.07, 6.45) is 0. The Morgan fingerprint density at radius 2 is 2.33 bits per heavy atom. The number of anilines is 1. The SMILES string of the molecule is NNc1c[c]cc(Cl)c1. The van der Waals surface area contributed by atoms with E-state index in [0.29, 0.717) is 5.02 Å². The second-order valence-electron chi connectivity index (χ2n) is 1.58. The average molecular weight is 142 g/mol. The van der Waals surface area contributed by atoms with Crippen molar-refractivity contribution in [1.29, 1.82) is 0 Å². The lowest BCUT2D eigenvalue weighted by molar-refractivity contribution is 1.35. The van der Waals surface area contributed by atoms with Gasteiger partial charge in [0, 0.05) is 5.02 Å². The van der Waals surface area contributed by atoms with Gasteiger partial charge in [-0.15, -0.1) is 0 Å². The predicted octanol–water partition coefficient (Wildman–Crippen LogP) is 1.43. The first-order valence-corrected chi connectivity index (χ1v) is 2.84. The number of rotatable bonds is 1. The lowest BCUT2D eigenvalue weighted by Gasteiger charge is -1.96. The molecule has 0 saturated heterocycles. The summed E-state index contributed by atoms with van der Waals surface area (Å²) in [7, 11) is 0. The fourth-order valence-corrected chi connectivity index (χ4v) is 0.707. The van der Waals surface area contributed by atoms with Crippen LogP contribution in [0.25, 0.3) is 0 Å². The molecule has 47 valence electrons. The molecule has 1 aromatic carbocycles. The van der Waals surface area contributed by atoms with Crippen LogP contribution < -0.4 is 11.3 Å². The van der Waals surface area contributed by atoms with Crippen LogP contribution in [-0.4, -0.2) is 0 Å². The molecular formula is C6H6ClN2. The van der Waals surface area contributed by atoms with E-state index < -0.39 is 0 Å². The van der Waals surface area contributed by atoms with E-state index in [1.807, 2.05) is 0 Å².